The summed E-state index contributed by atoms with van der Waals surface area (Å²) in [6.07, 6.45) is 4.05. The third-order valence-corrected chi connectivity index (χ3v) is 7.15. The van der Waals surface area contributed by atoms with Crippen LogP contribution in [0.1, 0.15) is 12.8 Å². The van der Waals surface area contributed by atoms with Crippen LogP contribution in [0.5, 0.6) is 17.2 Å². The first kappa shape index (κ1) is 27.2. The van der Waals surface area contributed by atoms with E-state index in [1.165, 1.54) is 18.5 Å². The average Bonchev–Trinajstić information content (AvgIpc) is 2.98. The molecule has 2 heterocycles. The Morgan fingerprint density at radius 1 is 1.07 bits per heavy atom. The van der Waals surface area contributed by atoms with Crippen LogP contribution in [0.3, 0.4) is 0 Å². The van der Waals surface area contributed by atoms with Gasteiger partial charge in [0.15, 0.2) is 11.5 Å². The molecule has 0 unspecified atom stereocenters. The number of nitrogens with one attached hydrogen (secondary N) is 1. The second kappa shape index (κ2) is 11.8. The third-order valence-electron chi connectivity index (χ3n) is 6.86. The highest BCUT2D eigenvalue weighted by Crippen LogP contribution is 2.39. The Morgan fingerprint density at radius 2 is 1.85 bits per heavy atom. The first-order valence-corrected chi connectivity index (χ1v) is 13.1. The van der Waals surface area contributed by atoms with Crippen molar-refractivity contribution in [3.8, 4) is 28.4 Å². The number of carbonyl (C=O) groups excluding carboxylic acids is 1. The Morgan fingerprint density at radius 3 is 2.58 bits per heavy atom. The minimum absolute atomic E-state index is 0.0454. The predicted octanol–water partition coefficient (Wildman–Crippen LogP) is 6.41. The van der Waals surface area contributed by atoms with Gasteiger partial charge in [-0.2, -0.15) is 0 Å². The van der Waals surface area contributed by atoms with Gasteiger partial charge in [0.2, 0.25) is 5.91 Å². The molecule has 0 radical (unpaired) electrons. The van der Waals surface area contributed by atoms with Crippen molar-refractivity contribution in [2.75, 3.05) is 32.6 Å². The van der Waals surface area contributed by atoms with Gasteiger partial charge in [-0.3, -0.25) is 4.79 Å². The van der Waals surface area contributed by atoms with E-state index in [1.54, 1.807) is 55.5 Å². The fourth-order valence-electron chi connectivity index (χ4n) is 4.75. The van der Waals surface area contributed by atoms with E-state index in [-0.39, 0.29) is 17.0 Å². The molecule has 3 aromatic carbocycles. The quantitative estimate of drug-likeness (QED) is 0.248. The SMILES string of the molecule is C=CC(=O)N1CCC(Oc2cc3c(Nc4cc(-c5cccc(Cl)c5F)ccc4OC)ncnc3cc2OC)CC1. The van der Waals surface area contributed by atoms with Crippen LogP contribution in [0.2, 0.25) is 5.02 Å². The molecule has 0 aliphatic carbocycles. The molecule has 0 atom stereocenters. The van der Waals surface area contributed by atoms with Crippen molar-refractivity contribution in [1.29, 1.82) is 0 Å². The first-order chi connectivity index (χ1) is 19.4. The van der Waals surface area contributed by atoms with E-state index >= 15 is 0 Å². The lowest BCUT2D eigenvalue weighted by Gasteiger charge is -2.31. The van der Waals surface area contributed by atoms with Gasteiger partial charge in [0, 0.05) is 42.9 Å². The molecule has 8 nitrogen and oxygen atoms in total. The van der Waals surface area contributed by atoms with Crippen LogP contribution in [-0.4, -0.2) is 54.2 Å². The summed E-state index contributed by atoms with van der Waals surface area (Å²) in [7, 11) is 3.13. The van der Waals surface area contributed by atoms with Gasteiger partial charge in [-0.1, -0.05) is 36.4 Å². The number of piperidine rings is 1. The smallest absolute Gasteiger partial charge is 0.245 e. The maximum atomic E-state index is 14.8. The molecular weight excluding hydrogens is 535 g/mol. The number of ether oxygens (including phenoxy) is 3. The molecule has 1 fully saturated rings. The normalized spacial score (nSPS) is 13.7. The van der Waals surface area contributed by atoms with E-state index in [9.17, 15) is 9.18 Å². The van der Waals surface area contributed by atoms with Gasteiger partial charge in [-0.05, 0) is 35.9 Å². The van der Waals surface area contributed by atoms with Crippen molar-refractivity contribution in [2.24, 2.45) is 0 Å². The highest BCUT2D eigenvalue weighted by atomic mass is 35.5. The van der Waals surface area contributed by atoms with E-state index in [1.807, 2.05) is 6.07 Å². The summed E-state index contributed by atoms with van der Waals surface area (Å²) in [6.45, 7) is 4.74. The molecule has 4 aromatic rings. The van der Waals surface area contributed by atoms with E-state index in [2.05, 4.69) is 21.9 Å². The summed E-state index contributed by atoms with van der Waals surface area (Å²) in [6, 6.07) is 13.8. The Bertz CT molecular complexity index is 1570. The number of hydrogen-bond acceptors (Lipinski definition) is 7. The molecule has 1 aliphatic heterocycles. The monoisotopic (exact) mass is 562 g/mol. The second-order valence-electron chi connectivity index (χ2n) is 9.23. The first-order valence-electron chi connectivity index (χ1n) is 12.7. The zero-order valence-electron chi connectivity index (χ0n) is 22.1. The molecule has 206 valence electrons. The summed E-state index contributed by atoms with van der Waals surface area (Å²) in [5.41, 5.74) is 2.21. The largest absolute Gasteiger partial charge is 0.495 e. The van der Waals surface area contributed by atoms with Crippen molar-refractivity contribution in [3.63, 3.8) is 0 Å². The van der Waals surface area contributed by atoms with Gasteiger partial charge < -0.3 is 24.4 Å². The number of aromatic nitrogens is 2. The Balaban J connectivity index is 1.47. The van der Waals surface area contributed by atoms with Gasteiger partial charge in [-0.25, -0.2) is 14.4 Å². The number of nitrogens with zero attached hydrogens (tertiary/aromatic N) is 3. The average molecular weight is 563 g/mol. The minimum Gasteiger partial charge on any atom is -0.495 e. The molecule has 5 rings (SSSR count). The number of rotatable bonds is 8. The number of fused-ring (bicyclic) bond motifs is 1. The maximum Gasteiger partial charge on any atom is 0.245 e. The molecule has 1 N–H and O–H groups in total. The lowest BCUT2D eigenvalue weighted by atomic mass is 10.0. The number of methoxy groups -OCH3 is 2. The second-order valence-corrected chi connectivity index (χ2v) is 9.64. The number of anilines is 2. The summed E-state index contributed by atoms with van der Waals surface area (Å²) in [5.74, 6) is 1.56. The molecule has 1 saturated heterocycles. The summed E-state index contributed by atoms with van der Waals surface area (Å²) in [4.78, 5) is 22.6. The number of benzene rings is 3. The summed E-state index contributed by atoms with van der Waals surface area (Å²) < 4.78 is 32.3. The van der Waals surface area contributed by atoms with E-state index in [4.69, 9.17) is 25.8 Å². The van der Waals surface area contributed by atoms with Gasteiger partial charge >= 0.3 is 0 Å². The van der Waals surface area contributed by atoms with Crippen LogP contribution in [0, 0.1) is 5.82 Å². The number of halogens is 2. The Kier molecular flexibility index (Phi) is 8.02. The van der Waals surface area contributed by atoms with Crippen LogP contribution in [0.4, 0.5) is 15.9 Å². The minimum atomic E-state index is -0.499. The van der Waals surface area contributed by atoms with Gasteiger partial charge in [0.1, 0.15) is 29.8 Å². The number of carbonyl (C=O) groups is 1. The highest BCUT2D eigenvalue weighted by Gasteiger charge is 2.24. The van der Waals surface area contributed by atoms with Crippen molar-refractivity contribution >= 4 is 39.9 Å². The molecule has 0 bridgehead atoms. The molecular formula is C30H28ClFN4O4. The number of likely N-dealkylation sites (tertiary alicyclic amines) is 1. The topological polar surface area (TPSA) is 85.8 Å². The molecule has 0 saturated carbocycles. The predicted molar refractivity (Wildman–Crippen MR) is 153 cm³/mol. The Labute approximate surface area is 236 Å². The van der Waals surface area contributed by atoms with Crippen LogP contribution >= 0.6 is 11.6 Å². The summed E-state index contributed by atoms with van der Waals surface area (Å²) in [5, 5.41) is 4.06. The van der Waals surface area contributed by atoms with E-state index in [0.29, 0.717) is 76.7 Å². The highest BCUT2D eigenvalue weighted by molar-refractivity contribution is 6.31. The van der Waals surface area contributed by atoms with Crippen LogP contribution in [-0.2, 0) is 4.79 Å². The van der Waals surface area contributed by atoms with Gasteiger partial charge in [0.25, 0.3) is 0 Å². The lowest BCUT2D eigenvalue weighted by Crippen LogP contribution is -2.41. The number of amides is 1. The zero-order chi connectivity index (χ0) is 28.2. The van der Waals surface area contributed by atoms with E-state index < -0.39 is 5.82 Å². The molecule has 1 aromatic heterocycles. The van der Waals surface area contributed by atoms with Gasteiger partial charge in [-0.15, -0.1) is 0 Å². The molecule has 10 heteroatoms. The van der Waals surface area contributed by atoms with Crippen LogP contribution in [0.25, 0.3) is 22.0 Å². The van der Waals surface area contributed by atoms with Gasteiger partial charge in [0.05, 0.1) is 30.4 Å². The van der Waals surface area contributed by atoms with Crippen molar-refractivity contribution < 1.29 is 23.4 Å². The van der Waals surface area contributed by atoms with Crippen molar-refractivity contribution in [3.05, 3.63) is 78.4 Å². The third kappa shape index (κ3) is 5.51. The fraction of sp³-hybridized carbons (Fsp3) is 0.233. The van der Waals surface area contributed by atoms with Crippen LogP contribution < -0.4 is 19.5 Å². The van der Waals surface area contributed by atoms with Crippen molar-refractivity contribution in [1.82, 2.24) is 14.9 Å². The van der Waals surface area contributed by atoms with E-state index in [0.717, 1.165) is 0 Å². The molecule has 1 aliphatic rings. The molecule has 1 amide bonds. The van der Waals surface area contributed by atoms with Crippen LogP contribution in [0.15, 0.2) is 67.5 Å². The lowest BCUT2D eigenvalue weighted by molar-refractivity contribution is -0.127. The standard InChI is InChI=1S/C30H28ClFN4O4/c1-4-28(37)36-12-10-19(11-13-36)40-27-15-21-23(16-26(27)39-3)33-17-34-30(21)35-24-14-18(8-9-25(24)38-2)20-6-5-7-22(31)29(20)32/h4-9,14-17,19H,1,10-13H2,2-3H3,(H,33,34,35). The molecule has 40 heavy (non-hydrogen) atoms. The Hall–Kier alpha value is -4.37. The number of hydrogen-bond donors (Lipinski definition) is 1. The van der Waals surface area contributed by atoms with Crippen molar-refractivity contribution in [2.45, 2.75) is 18.9 Å². The fourth-order valence-corrected chi connectivity index (χ4v) is 4.92. The summed E-state index contributed by atoms with van der Waals surface area (Å²) >= 11 is 6.02. The zero-order valence-corrected chi connectivity index (χ0v) is 22.9. The maximum absolute atomic E-state index is 14.8. The molecule has 0 spiro atoms.